The Labute approximate surface area is 118 Å². The van der Waals surface area contributed by atoms with E-state index in [1.54, 1.807) is 5.56 Å². The molecule has 0 radical (unpaired) electrons. The Hall–Kier alpha value is -0.820. The molecule has 1 heteroatoms. The van der Waals surface area contributed by atoms with E-state index in [-0.39, 0.29) is 0 Å². The zero-order valence-corrected chi connectivity index (χ0v) is 13.1. The Bertz CT molecular complexity index is 409. The van der Waals surface area contributed by atoms with Gasteiger partial charge in [-0.2, -0.15) is 0 Å². The number of rotatable bonds is 6. The lowest BCUT2D eigenvalue weighted by atomic mass is 9.48. The molecule has 2 rings (SSSR count). The van der Waals surface area contributed by atoms with Gasteiger partial charge in [-0.1, -0.05) is 63.4 Å². The third kappa shape index (κ3) is 2.72. The SMILES string of the molecule is CCNCC1(c2cccc(C)c2)CC(CC)(CC)C1. The first-order valence-corrected chi connectivity index (χ1v) is 7.87. The summed E-state index contributed by atoms with van der Waals surface area (Å²) < 4.78 is 0. The molecule has 106 valence electrons. The first kappa shape index (κ1) is 14.6. The molecule has 0 aromatic heterocycles. The van der Waals surface area contributed by atoms with Crippen LogP contribution in [0.4, 0.5) is 0 Å². The lowest BCUT2D eigenvalue weighted by Crippen LogP contribution is -2.54. The number of hydrogen-bond acceptors (Lipinski definition) is 1. The van der Waals surface area contributed by atoms with Crippen LogP contribution in [0.25, 0.3) is 0 Å². The third-order valence-electron chi connectivity index (χ3n) is 5.27. The summed E-state index contributed by atoms with van der Waals surface area (Å²) in [5, 5.41) is 3.59. The minimum atomic E-state index is 0.383. The quantitative estimate of drug-likeness (QED) is 0.796. The second-order valence-corrected chi connectivity index (χ2v) is 6.49. The largest absolute Gasteiger partial charge is 0.316 e. The summed E-state index contributed by atoms with van der Waals surface area (Å²) in [7, 11) is 0. The zero-order chi connectivity index (χ0) is 13.9. The lowest BCUT2D eigenvalue weighted by Gasteiger charge is -2.57. The van der Waals surface area contributed by atoms with Gasteiger partial charge in [-0.15, -0.1) is 0 Å². The summed E-state index contributed by atoms with van der Waals surface area (Å²) >= 11 is 0. The number of likely N-dealkylation sites (N-methyl/N-ethyl adjacent to an activating group) is 1. The fourth-order valence-corrected chi connectivity index (χ4v) is 3.90. The Morgan fingerprint density at radius 2 is 1.79 bits per heavy atom. The number of hydrogen-bond donors (Lipinski definition) is 1. The van der Waals surface area contributed by atoms with E-state index in [0.29, 0.717) is 10.8 Å². The summed E-state index contributed by atoms with van der Waals surface area (Å²) in [6.07, 6.45) is 5.35. The van der Waals surface area contributed by atoms with Crippen molar-refractivity contribution >= 4 is 0 Å². The highest BCUT2D eigenvalue weighted by Gasteiger charge is 2.52. The van der Waals surface area contributed by atoms with Crippen LogP contribution in [0, 0.1) is 12.3 Å². The maximum atomic E-state index is 3.59. The van der Waals surface area contributed by atoms with Crippen LogP contribution >= 0.6 is 0 Å². The molecule has 0 atom stereocenters. The van der Waals surface area contributed by atoms with Crippen LogP contribution in [0.1, 0.15) is 57.6 Å². The van der Waals surface area contributed by atoms with E-state index in [2.05, 4.69) is 57.3 Å². The average molecular weight is 259 g/mol. The number of benzene rings is 1. The number of aryl methyl sites for hydroxylation is 1. The maximum absolute atomic E-state index is 3.59. The third-order valence-corrected chi connectivity index (χ3v) is 5.27. The van der Waals surface area contributed by atoms with Crippen LogP contribution in [0.2, 0.25) is 0 Å². The van der Waals surface area contributed by atoms with Gasteiger partial charge in [0.2, 0.25) is 0 Å². The van der Waals surface area contributed by atoms with Crippen LogP contribution in [0.3, 0.4) is 0 Å². The Morgan fingerprint density at radius 3 is 2.32 bits per heavy atom. The van der Waals surface area contributed by atoms with Crippen LogP contribution in [-0.4, -0.2) is 13.1 Å². The summed E-state index contributed by atoms with van der Waals surface area (Å²) in [6, 6.07) is 9.15. The van der Waals surface area contributed by atoms with Crippen LogP contribution < -0.4 is 5.32 Å². The summed E-state index contributed by atoms with van der Waals surface area (Å²) in [6.45, 7) is 11.3. The minimum absolute atomic E-state index is 0.383. The second-order valence-electron chi connectivity index (χ2n) is 6.49. The molecule has 0 spiro atoms. The van der Waals surface area contributed by atoms with Gasteiger partial charge in [-0.05, 0) is 37.3 Å². The monoisotopic (exact) mass is 259 g/mol. The molecule has 0 unspecified atom stereocenters. The first-order chi connectivity index (χ1) is 9.10. The maximum Gasteiger partial charge on any atom is 0.00884 e. The molecule has 0 heterocycles. The molecule has 0 saturated heterocycles. The van der Waals surface area contributed by atoms with Crippen LogP contribution in [0.5, 0.6) is 0 Å². The van der Waals surface area contributed by atoms with E-state index in [0.717, 1.165) is 13.1 Å². The lowest BCUT2D eigenvalue weighted by molar-refractivity contribution is 0.0132. The Balaban J connectivity index is 2.23. The van der Waals surface area contributed by atoms with Gasteiger partial charge in [0.15, 0.2) is 0 Å². The fraction of sp³-hybridized carbons (Fsp3) is 0.667. The molecule has 1 aliphatic rings. The van der Waals surface area contributed by atoms with Gasteiger partial charge < -0.3 is 5.32 Å². The van der Waals surface area contributed by atoms with Crippen molar-refractivity contribution in [2.24, 2.45) is 5.41 Å². The van der Waals surface area contributed by atoms with E-state index in [1.807, 2.05) is 0 Å². The van der Waals surface area contributed by atoms with Crippen LogP contribution in [-0.2, 0) is 5.41 Å². The highest BCUT2D eigenvalue weighted by atomic mass is 14.9. The molecule has 1 aromatic rings. The van der Waals surface area contributed by atoms with Gasteiger partial charge in [0.05, 0.1) is 0 Å². The van der Waals surface area contributed by atoms with Crippen molar-refractivity contribution in [3.63, 3.8) is 0 Å². The van der Waals surface area contributed by atoms with Gasteiger partial charge >= 0.3 is 0 Å². The van der Waals surface area contributed by atoms with E-state index in [1.165, 1.54) is 31.2 Å². The molecular formula is C18H29N. The van der Waals surface area contributed by atoms with E-state index in [4.69, 9.17) is 0 Å². The van der Waals surface area contributed by atoms with Crippen LogP contribution in [0.15, 0.2) is 24.3 Å². The molecule has 1 aliphatic carbocycles. The summed E-state index contributed by atoms with van der Waals surface area (Å²) in [5.74, 6) is 0. The van der Waals surface area contributed by atoms with Crippen molar-refractivity contribution in [1.82, 2.24) is 5.32 Å². The molecule has 19 heavy (non-hydrogen) atoms. The van der Waals surface area contributed by atoms with Gasteiger partial charge in [-0.25, -0.2) is 0 Å². The van der Waals surface area contributed by atoms with Crippen molar-refractivity contribution in [3.8, 4) is 0 Å². The molecule has 0 amide bonds. The molecule has 1 aromatic carbocycles. The molecular weight excluding hydrogens is 230 g/mol. The second kappa shape index (κ2) is 5.66. The van der Waals surface area contributed by atoms with Gasteiger partial charge in [0, 0.05) is 12.0 Å². The van der Waals surface area contributed by atoms with Crippen molar-refractivity contribution in [3.05, 3.63) is 35.4 Å². The molecule has 0 bridgehead atoms. The van der Waals surface area contributed by atoms with Crippen molar-refractivity contribution in [1.29, 1.82) is 0 Å². The average Bonchev–Trinajstić information content (AvgIpc) is 2.39. The van der Waals surface area contributed by atoms with Crippen molar-refractivity contribution in [2.75, 3.05) is 13.1 Å². The van der Waals surface area contributed by atoms with Gasteiger partial charge in [-0.3, -0.25) is 0 Å². The predicted octanol–water partition coefficient (Wildman–Crippen LogP) is 4.44. The van der Waals surface area contributed by atoms with E-state index in [9.17, 15) is 0 Å². The highest BCUT2D eigenvalue weighted by Crippen LogP contribution is 2.59. The zero-order valence-electron chi connectivity index (χ0n) is 13.1. The minimum Gasteiger partial charge on any atom is -0.316 e. The van der Waals surface area contributed by atoms with Gasteiger partial charge in [0.25, 0.3) is 0 Å². The molecule has 1 fully saturated rings. The normalized spacial score (nSPS) is 20.0. The van der Waals surface area contributed by atoms with E-state index >= 15 is 0 Å². The standard InChI is InChI=1S/C18H29N/c1-5-17(6-2)12-18(13-17,14-19-7-3)16-10-8-9-15(4)11-16/h8-11,19H,5-7,12-14H2,1-4H3. The topological polar surface area (TPSA) is 12.0 Å². The fourth-order valence-electron chi connectivity index (χ4n) is 3.90. The molecule has 1 N–H and O–H groups in total. The first-order valence-electron chi connectivity index (χ1n) is 7.87. The molecule has 0 aliphatic heterocycles. The van der Waals surface area contributed by atoms with Gasteiger partial charge in [0.1, 0.15) is 0 Å². The smallest absolute Gasteiger partial charge is 0.00884 e. The van der Waals surface area contributed by atoms with Crippen molar-refractivity contribution in [2.45, 2.75) is 58.8 Å². The summed E-state index contributed by atoms with van der Waals surface area (Å²) in [5.41, 5.74) is 3.91. The van der Waals surface area contributed by atoms with Crippen molar-refractivity contribution < 1.29 is 0 Å². The Kier molecular flexibility index (Phi) is 4.35. The van der Waals surface area contributed by atoms with E-state index < -0.39 is 0 Å². The summed E-state index contributed by atoms with van der Waals surface area (Å²) in [4.78, 5) is 0. The molecule has 1 saturated carbocycles. The highest BCUT2D eigenvalue weighted by molar-refractivity contribution is 5.34. The predicted molar refractivity (Wildman–Crippen MR) is 83.6 cm³/mol. The number of nitrogens with one attached hydrogen (secondary N) is 1. The molecule has 1 nitrogen and oxygen atoms in total. The Morgan fingerprint density at radius 1 is 1.11 bits per heavy atom.